The van der Waals surface area contributed by atoms with Crippen molar-refractivity contribution in [1.29, 1.82) is 0 Å². The van der Waals surface area contributed by atoms with Gasteiger partial charge >= 0.3 is 5.97 Å². The predicted octanol–water partition coefficient (Wildman–Crippen LogP) is 3.67. The van der Waals surface area contributed by atoms with Crippen LogP contribution in [0.1, 0.15) is 24.8 Å². The number of carboxylic acids is 1. The molecule has 0 amide bonds. The Labute approximate surface area is 125 Å². The number of ether oxygens (including phenoxy) is 1. The Morgan fingerprint density at radius 3 is 2.84 bits per heavy atom. The Morgan fingerprint density at radius 1 is 1.53 bits per heavy atom. The summed E-state index contributed by atoms with van der Waals surface area (Å²) >= 11 is 9.57. The third kappa shape index (κ3) is 2.20. The molecule has 2 bridgehead atoms. The highest BCUT2D eigenvalue weighted by Crippen LogP contribution is 2.50. The fourth-order valence-electron chi connectivity index (χ4n) is 3.29. The van der Waals surface area contributed by atoms with Gasteiger partial charge < -0.3 is 9.84 Å². The molecule has 2 heterocycles. The highest BCUT2D eigenvalue weighted by molar-refractivity contribution is 9.10. The molecule has 3 unspecified atom stereocenters. The molecule has 0 radical (unpaired) electrons. The molecular weight excluding hydrogens is 332 g/mol. The first-order valence-corrected chi connectivity index (χ1v) is 7.51. The molecule has 2 aliphatic rings. The van der Waals surface area contributed by atoms with Crippen molar-refractivity contribution >= 4 is 33.5 Å². The number of hydrogen-bond donors (Lipinski definition) is 1. The first kappa shape index (κ1) is 13.4. The molecule has 3 rings (SSSR count). The molecule has 3 nitrogen and oxygen atoms in total. The number of hydrogen-bond acceptors (Lipinski definition) is 2. The lowest BCUT2D eigenvalue weighted by Gasteiger charge is -2.31. The Bertz CT molecular complexity index is 533. The van der Waals surface area contributed by atoms with E-state index in [1.807, 2.05) is 12.1 Å². The zero-order chi connectivity index (χ0) is 13.6. The van der Waals surface area contributed by atoms with Gasteiger partial charge in [0, 0.05) is 9.50 Å². The monoisotopic (exact) mass is 344 g/mol. The van der Waals surface area contributed by atoms with E-state index < -0.39 is 11.4 Å². The van der Waals surface area contributed by atoms with Gasteiger partial charge in [-0.3, -0.25) is 4.79 Å². The van der Waals surface area contributed by atoms with Gasteiger partial charge in [-0.25, -0.2) is 0 Å². The zero-order valence-corrected chi connectivity index (χ0v) is 12.6. The van der Waals surface area contributed by atoms with Gasteiger partial charge in [0.2, 0.25) is 0 Å². The van der Waals surface area contributed by atoms with Crippen molar-refractivity contribution in [1.82, 2.24) is 0 Å². The summed E-state index contributed by atoms with van der Waals surface area (Å²) in [6, 6.07) is 5.59. The van der Waals surface area contributed by atoms with Crippen molar-refractivity contribution in [2.75, 3.05) is 0 Å². The highest BCUT2D eigenvalue weighted by Gasteiger charge is 2.57. The van der Waals surface area contributed by atoms with Crippen molar-refractivity contribution in [3.8, 4) is 0 Å². The molecule has 1 aromatic carbocycles. The van der Waals surface area contributed by atoms with Gasteiger partial charge in [0.15, 0.2) is 0 Å². The third-order valence-electron chi connectivity index (χ3n) is 4.26. The summed E-state index contributed by atoms with van der Waals surface area (Å²) < 4.78 is 6.65. The van der Waals surface area contributed by atoms with Crippen molar-refractivity contribution in [2.45, 2.75) is 37.9 Å². The van der Waals surface area contributed by atoms with Crippen molar-refractivity contribution in [3.63, 3.8) is 0 Å². The lowest BCUT2D eigenvalue weighted by molar-refractivity contribution is -0.152. The van der Waals surface area contributed by atoms with Crippen LogP contribution in [0.2, 0.25) is 5.02 Å². The van der Waals surface area contributed by atoms with E-state index in [1.165, 1.54) is 0 Å². The molecule has 0 aliphatic carbocycles. The van der Waals surface area contributed by atoms with Crippen LogP contribution in [-0.2, 0) is 16.0 Å². The summed E-state index contributed by atoms with van der Waals surface area (Å²) in [7, 11) is 0. The van der Waals surface area contributed by atoms with Crippen LogP contribution >= 0.6 is 27.5 Å². The lowest BCUT2D eigenvalue weighted by Crippen LogP contribution is -2.42. The zero-order valence-electron chi connectivity index (χ0n) is 10.2. The molecule has 2 aliphatic heterocycles. The molecule has 102 valence electrons. The smallest absolute Gasteiger partial charge is 0.312 e. The number of aliphatic carboxylic acids is 1. The first-order valence-electron chi connectivity index (χ1n) is 6.34. The summed E-state index contributed by atoms with van der Waals surface area (Å²) in [5, 5.41) is 10.3. The standard InChI is InChI=1S/C14H14BrClO3/c15-9-2-1-8(11(16)5-9)6-14(13(17)18)7-10-3-4-12(14)19-10/h1-2,5,10,12H,3-4,6-7H2,(H,17,18). The fraction of sp³-hybridized carbons (Fsp3) is 0.500. The predicted molar refractivity (Wildman–Crippen MR) is 75.4 cm³/mol. The normalized spacial score (nSPS) is 32.7. The third-order valence-corrected chi connectivity index (χ3v) is 5.11. The minimum atomic E-state index is -0.805. The summed E-state index contributed by atoms with van der Waals surface area (Å²) in [5.74, 6) is -0.765. The maximum Gasteiger partial charge on any atom is 0.312 e. The Hall–Kier alpha value is -0.580. The van der Waals surface area contributed by atoms with Crippen LogP contribution in [0.3, 0.4) is 0 Å². The molecule has 0 aromatic heterocycles. The van der Waals surface area contributed by atoms with Crippen LogP contribution in [0.15, 0.2) is 22.7 Å². The Morgan fingerprint density at radius 2 is 2.32 bits per heavy atom. The van der Waals surface area contributed by atoms with E-state index >= 15 is 0 Å². The van der Waals surface area contributed by atoms with Crippen molar-refractivity contribution < 1.29 is 14.6 Å². The van der Waals surface area contributed by atoms with E-state index in [-0.39, 0.29) is 12.2 Å². The van der Waals surface area contributed by atoms with Crippen molar-refractivity contribution in [3.05, 3.63) is 33.3 Å². The van der Waals surface area contributed by atoms with E-state index in [4.69, 9.17) is 16.3 Å². The van der Waals surface area contributed by atoms with E-state index in [1.54, 1.807) is 6.07 Å². The van der Waals surface area contributed by atoms with Crippen molar-refractivity contribution in [2.24, 2.45) is 5.41 Å². The fourth-order valence-corrected chi connectivity index (χ4v) is 4.03. The van der Waals surface area contributed by atoms with Gasteiger partial charge in [0.05, 0.1) is 12.2 Å². The van der Waals surface area contributed by atoms with Crippen LogP contribution in [-0.4, -0.2) is 23.3 Å². The van der Waals surface area contributed by atoms with Gasteiger partial charge in [-0.15, -0.1) is 0 Å². The molecule has 19 heavy (non-hydrogen) atoms. The van der Waals surface area contributed by atoms with Crippen LogP contribution in [0.25, 0.3) is 0 Å². The topological polar surface area (TPSA) is 46.5 Å². The molecule has 0 saturated carbocycles. The molecule has 3 atom stereocenters. The molecule has 0 spiro atoms. The van der Waals surface area contributed by atoms with Crippen LogP contribution in [0.5, 0.6) is 0 Å². The SMILES string of the molecule is O=C(O)C1(Cc2ccc(Br)cc2Cl)CC2CCC1O2. The molecular formula is C14H14BrClO3. The number of fused-ring (bicyclic) bond motifs is 2. The van der Waals surface area contributed by atoms with Gasteiger partial charge in [-0.2, -0.15) is 0 Å². The minimum Gasteiger partial charge on any atom is -0.481 e. The number of rotatable bonds is 3. The molecule has 2 fully saturated rings. The van der Waals surface area contributed by atoms with E-state index in [2.05, 4.69) is 15.9 Å². The summed E-state index contributed by atoms with van der Waals surface area (Å²) in [4.78, 5) is 11.8. The quantitative estimate of drug-likeness (QED) is 0.909. The average molecular weight is 346 g/mol. The van der Waals surface area contributed by atoms with Gasteiger partial charge in [-0.05, 0) is 43.4 Å². The second kappa shape index (κ2) is 4.76. The number of carboxylic acid groups (broad SMARTS) is 1. The maximum atomic E-state index is 11.8. The number of carbonyl (C=O) groups is 1. The van der Waals surface area contributed by atoms with E-state index in [0.29, 0.717) is 17.9 Å². The Balaban J connectivity index is 1.93. The van der Waals surface area contributed by atoms with Gasteiger partial charge in [0.25, 0.3) is 0 Å². The van der Waals surface area contributed by atoms with Crippen LogP contribution in [0.4, 0.5) is 0 Å². The van der Waals surface area contributed by atoms with E-state index in [0.717, 1.165) is 22.9 Å². The summed E-state index contributed by atoms with van der Waals surface area (Å²) in [5.41, 5.74) is 0.0730. The van der Waals surface area contributed by atoms with Crippen LogP contribution in [0, 0.1) is 5.41 Å². The number of halogens is 2. The lowest BCUT2D eigenvalue weighted by atomic mass is 9.70. The minimum absolute atomic E-state index is 0.107. The second-order valence-corrected chi connectivity index (χ2v) is 6.72. The van der Waals surface area contributed by atoms with E-state index in [9.17, 15) is 9.90 Å². The molecule has 5 heteroatoms. The average Bonchev–Trinajstić information content (AvgIpc) is 2.93. The first-order chi connectivity index (χ1) is 9.01. The van der Waals surface area contributed by atoms with Gasteiger partial charge in [0.1, 0.15) is 5.41 Å². The van der Waals surface area contributed by atoms with Gasteiger partial charge in [-0.1, -0.05) is 33.6 Å². The molecule has 1 aromatic rings. The second-order valence-electron chi connectivity index (χ2n) is 5.40. The summed E-state index contributed by atoms with van der Waals surface area (Å²) in [6.07, 6.45) is 2.79. The molecule has 1 N–H and O–H groups in total. The summed E-state index contributed by atoms with van der Waals surface area (Å²) in [6.45, 7) is 0. The molecule has 2 saturated heterocycles. The Kier molecular flexibility index (Phi) is 3.36. The number of benzene rings is 1. The maximum absolute atomic E-state index is 11.8. The largest absolute Gasteiger partial charge is 0.481 e. The highest BCUT2D eigenvalue weighted by atomic mass is 79.9. The van der Waals surface area contributed by atoms with Crippen LogP contribution < -0.4 is 0 Å².